The summed E-state index contributed by atoms with van der Waals surface area (Å²) in [6.45, 7) is 4.43. The number of halogens is 2. The zero-order valence-electron chi connectivity index (χ0n) is 16.2. The van der Waals surface area contributed by atoms with Gasteiger partial charge in [0.2, 0.25) is 11.8 Å². The molecule has 0 saturated carbocycles. The first-order valence-corrected chi connectivity index (χ1v) is 9.79. The number of aryl methyl sites for hydroxylation is 1. The first-order chi connectivity index (χ1) is 13.9. The molecular formula is C22H23ClFN3O2. The predicted octanol–water partition coefficient (Wildman–Crippen LogP) is 3.58. The van der Waals surface area contributed by atoms with Crippen LogP contribution in [0.3, 0.4) is 0 Å². The Morgan fingerprint density at radius 3 is 2.59 bits per heavy atom. The molecule has 1 N–H and O–H groups in total. The minimum Gasteiger partial charge on any atom is -0.337 e. The number of carbonyl (C=O) groups excluding carboxylic acids is 2. The zero-order chi connectivity index (χ0) is 20.8. The molecule has 152 valence electrons. The van der Waals surface area contributed by atoms with E-state index in [0.717, 1.165) is 11.1 Å². The molecular weight excluding hydrogens is 393 g/mol. The molecule has 0 unspecified atom stereocenters. The average molecular weight is 416 g/mol. The van der Waals surface area contributed by atoms with Crippen molar-refractivity contribution in [3.8, 4) is 0 Å². The van der Waals surface area contributed by atoms with Gasteiger partial charge in [0.15, 0.2) is 0 Å². The van der Waals surface area contributed by atoms with Gasteiger partial charge < -0.3 is 10.2 Å². The van der Waals surface area contributed by atoms with Crippen LogP contribution in [-0.4, -0.2) is 54.3 Å². The van der Waals surface area contributed by atoms with Gasteiger partial charge in [-0.2, -0.15) is 0 Å². The van der Waals surface area contributed by atoms with Crippen molar-refractivity contribution in [2.75, 3.05) is 38.0 Å². The van der Waals surface area contributed by atoms with E-state index in [9.17, 15) is 14.0 Å². The Hall–Kier alpha value is -2.70. The summed E-state index contributed by atoms with van der Waals surface area (Å²) in [5, 5.41) is 3.36. The van der Waals surface area contributed by atoms with Gasteiger partial charge in [-0.05, 0) is 48.4 Å². The fourth-order valence-corrected chi connectivity index (χ4v) is 3.27. The fraction of sp³-hybridized carbons (Fsp3) is 0.273. The summed E-state index contributed by atoms with van der Waals surface area (Å²) in [6, 6.07) is 11.5. The summed E-state index contributed by atoms with van der Waals surface area (Å²) >= 11 is 6.11. The van der Waals surface area contributed by atoms with Gasteiger partial charge in [0.25, 0.3) is 0 Å². The molecule has 1 aliphatic heterocycles. The molecule has 1 fully saturated rings. The molecule has 3 rings (SSSR count). The highest BCUT2D eigenvalue weighted by molar-refractivity contribution is 6.31. The second-order valence-electron chi connectivity index (χ2n) is 7.00. The molecule has 0 aliphatic carbocycles. The van der Waals surface area contributed by atoms with Crippen LogP contribution in [0.4, 0.5) is 10.1 Å². The smallest absolute Gasteiger partial charge is 0.246 e. The third kappa shape index (κ3) is 6.14. The number of anilines is 1. The number of amides is 2. The van der Waals surface area contributed by atoms with Crippen LogP contribution in [0.1, 0.15) is 11.1 Å². The third-order valence-corrected chi connectivity index (χ3v) is 5.18. The predicted molar refractivity (Wildman–Crippen MR) is 113 cm³/mol. The van der Waals surface area contributed by atoms with Crippen LogP contribution in [0.25, 0.3) is 6.08 Å². The minimum absolute atomic E-state index is 0.0643. The van der Waals surface area contributed by atoms with Crippen molar-refractivity contribution in [2.45, 2.75) is 6.92 Å². The topological polar surface area (TPSA) is 52.7 Å². The van der Waals surface area contributed by atoms with Crippen LogP contribution in [0.15, 0.2) is 48.5 Å². The van der Waals surface area contributed by atoms with Gasteiger partial charge in [-0.15, -0.1) is 0 Å². The van der Waals surface area contributed by atoms with Crippen molar-refractivity contribution in [1.29, 1.82) is 0 Å². The molecule has 2 aromatic carbocycles. The molecule has 7 heteroatoms. The standard InChI is InChI=1S/C22H23ClFN3O2/c1-16-5-6-17(13-20(16)23)7-8-22(29)27-11-9-26(10-12-27)15-21(28)25-19-4-2-3-18(24)14-19/h2-8,13-14H,9-12,15H2,1H3,(H,25,28)/b8-7+. The molecule has 2 aromatic rings. The highest BCUT2D eigenvalue weighted by Gasteiger charge is 2.21. The highest BCUT2D eigenvalue weighted by Crippen LogP contribution is 2.17. The Morgan fingerprint density at radius 1 is 1.14 bits per heavy atom. The van der Waals surface area contributed by atoms with Gasteiger partial charge in [0.1, 0.15) is 5.82 Å². The molecule has 29 heavy (non-hydrogen) atoms. The molecule has 0 spiro atoms. The van der Waals surface area contributed by atoms with Crippen LogP contribution in [0, 0.1) is 12.7 Å². The molecule has 1 aliphatic rings. The van der Waals surface area contributed by atoms with Crippen LogP contribution in [0.2, 0.25) is 5.02 Å². The number of hydrogen-bond donors (Lipinski definition) is 1. The number of rotatable bonds is 5. The Bertz CT molecular complexity index is 924. The molecule has 0 aromatic heterocycles. The fourth-order valence-electron chi connectivity index (χ4n) is 3.08. The number of carbonyl (C=O) groups is 2. The molecule has 2 amide bonds. The van der Waals surface area contributed by atoms with Crippen LogP contribution >= 0.6 is 11.6 Å². The van der Waals surface area contributed by atoms with E-state index in [0.29, 0.717) is 36.9 Å². The van der Waals surface area contributed by atoms with Crippen molar-refractivity contribution in [2.24, 2.45) is 0 Å². The van der Waals surface area contributed by atoms with E-state index in [1.54, 1.807) is 29.2 Å². The highest BCUT2D eigenvalue weighted by atomic mass is 35.5. The van der Waals surface area contributed by atoms with Gasteiger partial charge in [-0.3, -0.25) is 14.5 Å². The van der Waals surface area contributed by atoms with Gasteiger partial charge in [0, 0.05) is 43.0 Å². The number of benzene rings is 2. The number of hydrogen-bond acceptors (Lipinski definition) is 3. The maximum atomic E-state index is 13.2. The van der Waals surface area contributed by atoms with Crippen LogP contribution < -0.4 is 5.32 Å². The second-order valence-corrected chi connectivity index (χ2v) is 7.41. The lowest BCUT2D eigenvalue weighted by Crippen LogP contribution is -2.50. The monoisotopic (exact) mass is 415 g/mol. The van der Waals surface area contributed by atoms with Crippen molar-refractivity contribution in [3.05, 3.63) is 70.5 Å². The summed E-state index contributed by atoms with van der Waals surface area (Å²) < 4.78 is 13.2. The van der Waals surface area contributed by atoms with Gasteiger partial charge in [-0.1, -0.05) is 29.8 Å². The lowest BCUT2D eigenvalue weighted by molar-refractivity contribution is -0.127. The SMILES string of the molecule is Cc1ccc(/C=C/C(=O)N2CCN(CC(=O)Nc3cccc(F)c3)CC2)cc1Cl. The molecule has 0 atom stereocenters. The largest absolute Gasteiger partial charge is 0.337 e. The quantitative estimate of drug-likeness (QED) is 0.759. The first-order valence-electron chi connectivity index (χ1n) is 9.41. The van der Waals surface area contributed by atoms with Crippen molar-refractivity contribution < 1.29 is 14.0 Å². The van der Waals surface area contributed by atoms with Crippen molar-refractivity contribution in [1.82, 2.24) is 9.80 Å². The summed E-state index contributed by atoms with van der Waals surface area (Å²) in [4.78, 5) is 28.3. The van der Waals surface area contributed by atoms with Crippen molar-refractivity contribution >= 4 is 35.2 Å². The minimum atomic E-state index is -0.393. The van der Waals surface area contributed by atoms with Gasteiger partial charge >= 0.3 is 0 Å². The van der Waals surface area contributed by atoms with E-state index in [-0.39, 0.29) is 18.4 Å². The Labute approximate surface area is 174 Å². The maximum absolute atomic E-state index is 13.2. The van der Waals surface area contributed by atoms with Gasteiger partial charge in [0.05, 0.1) is 6.54 Å². The van der Waals surface area contributed by atoms with Crippen LogP contribution in [0.5, 0.6) is 0 Å². The first kappa shape index (κ1) is 21.0. The summed E-state index contributed by atoms with van der Waals surface area (Å²) in [6.07, 6.45) is 3.31. The van der Waals surface area contributed by atoms with Gasteiger partial charge in [-0.25, -0.2) is 4.39 Å². The van der Waals surface area contributed by atoms with E-state index in [1.807, 2.05) is 30.0 Å². The zero-order valence-corrected chi connectivity index (χ0v) is 17.0. The molecule has 0 radical (unpaired) electrons. The average Bonchev–Trinajstić information content (AvgIpc) is 2.69. The van der Waals surface area contributed by atoms with Crippen LogP contribution in [-0.2, 0) is 9.59 Å². The Morgan fingerprint density at radius 2 is 1.90 bits per heavy atom. The van der Waals surface area contributed by atoms with E-state index >= 15 is 0 Å². The summed E-state index contributed by atoms with van der Waals surface area (Å²) in [5.41, 5.74) is 2.31. The normalized spacial score (nSPS) is 14.9. The lowest BCUT2D eigenvalue weighted by Gasteiger charge is -2.33. The van der Waals surface area contributed by atoms with Crippen molar-refractivity contribution in [3.63, 3.8) is 0 Å². The van der Waals surface area contributed by atoms with E-state index in [1.165, 1.54) is 12.1 Å². The number of nitrogens with one attached hydrogen (secondary N) is 1. The molecule has 0 bridgehead atoms. The molecule has 5 nitrogen and oxygen atoms in total. The molecule has 1 saturated heterocycles. The van der Waals surface area contributed by atoms with E-state index in [2.05, 4.69) is 5.32 Å². The number of nitrogens with zero attached hydrogens (tertiary/aromatic N) is 2. The Kier molecular flexibility index (Phi) is 7.01. The lowest BCUT2D eigenvalue weighted by atomic mass is 10.1. The summed E-state index contributed by atoms with van der Waals surface area (Å²) in [5.74, 6) is -0.659. The maximum Gasteiger partial charge on any atom is 0.246 e. The molecule has 1 heterocycles. The second kappa shape index (κ2) is 9.67. The van der Waals surface area contributed by atoms with E-state index in [4.69, 9.17) is 11.6 Å². The van der Waals surface area contributed by atoms with E-state index < -0.39 is 5.82 Å². The Balaban J connectivity index is 1.45. The third-order valence-electron chi connectivity index (χ3n) is 4.77. The number of piperazine rings is 1. The summed E-state index contributed by atoms with van der Waals surface area (Å²) in [7, 11) is 0.